The Bertz CT molecular complexity index is 1240. The highest BCUT2D eigenvalue weighted by atomic mass is 16.2. The molecule has 5 rings (SSSR count). The minimum atomic E-state index is -0.276. The van der Waals surface area contributed by atoms with Gasteiger partial charge in [0.2, 0.25) is 0 Å². The number of hydrogen-bond acceptors (Lipinski definition) is 4. The Balaban J connectivity index is 1.33. The third-order valence-corrected chi connectivity index (χ3v) is 5.57. The molecule has 150 valence electrons. The van der Waals surface area contributed by atoms with Crippen LogP contribution in [0.15, 0.2) is 54.9 Å². The van der Waals surface area contributed by atoms with Gasteiger partial charge in [0.25, 0.3) is 0 Å². The minimum absolute atomic E-state index is 0.260. The van der Waals surface area contributed by atoms with Crippen molar-refractivity contribution in [3.05, 3.63) is 71.7 Å². The molecule has 7 nitrogen and oxygen atoms in total. The van der Waals surface area contributed by atoms with Crippen molar-refractivity contribution >= 4 is 22.8 Å². The second kappa shape index (κ2) is 6.95. The maximum Gasteiger partial charge on any atom is 0.321 e. The zero-order chi connectivity index (χ0) is 20.7. The molecular formula is C23H22N6O. The van der Waals surface area contributed by atoms with Crippen LogP contribution in [0.3, 0.4) is 0 Å². The van der Waals surface area contributed by atoms with Crippen molar-refractivity contribution in [3.63, 3.8) is 0 Å². The standard InChI is InChI=1S/C23H22N6O/c1-14-3-5-17(6-4-14)23(8-9-23)27-22(30)26-20-12-19-18(13-25-20)21(29-28-19)16-7-10-24-15(2)11-16/h3-7,10-13H,8-9H2,1-2H3,(H,28,29)(H2,25,26,27,30). The predicted octanol–water partition coefficient (Wildman–Crippen LogP) is 4.45. The molecule has 2 amide bonds. The Morgan fingerprint density at radius 1 is 1.07 bits per heavy atom. The van der Waals surface area contributed by atoms with Gasteiger partial charge in [-0.05, 0) is 44.4 Å². The quantitative estimate of drug-likeness (QED) is 0.473. The van der Waals surface area contributed by atoms with Crippen LogP contribution in [0.25, 0.3) is 22.2 Å². The summed E-state index contributed by atoms with van der Waals surface area (Å²) in [6, 6.07) is 13.8. The molecule has 3 heterocycles. The second-order valence-electron chi connectivity index (χ2n) is 7.90. The van der Waals surface area contributed by atoms with E-state index in [-0.39, 0.29) is 11.6 Å². The van der Waals surface area contributed by atoms with Gasteiger partial charge in [-0.2, -0.15) is 5.10 Å². The zero-order valence-electron chi connectivity index (χ0n) is 16.9. The molecular weight excluding hydrogens is 376 g/mol. The topological polar surface area (TPSA) is 95.6 Å². The van der Waals surface area contributed by atoms with Crippen LogP contribution >= 0.6 is 0 Å². The summed E-state index contributed by atoms with van der Waals surface area (Å²) in [7, 11) is 0. The molecule has 1 aliphatic carbocycles. The number of anilines is 1. The molecule has 30 heavy (non-hydrogen) atoms. The van der Waals surface area contributed by atoms with E-state index in [1.54, 1.807) is 18.5 Å². The number of aromatic amines is 1. The number of nitrogens with one attached hydrogen (secondary N) is 3. The molecule has 0 aliphatic heterocycles. The van der Waals surface area contributed by atoms with Gasteiger partial charge < -0.3 is 5.32 Å². The maximum atomic E-state index is 12.6. The van der Waals surface area contributed by atoms with Crippen LogP contribution in [0.4, 0.5) is 10.6 Å². The van der Waals surface area contributed by atoms with E-state index in [2.05, 4.69) is 62.0 Å². The van der Waals surface area contributed by atoms with Gasteiger partial charge in [-0.25, -0.2) is 9.78 Å². The van der Waals surface area contributed by atoms with Crippen LogP contribution in [0.2, 0.25) is 0 Å². The van der Waals surface area contributed by atoms with E-state index in [0.717, 1.165) is 46.3 Å². The van der Waals surface area contributed by atoms with E-state index in [1.165, 1.54) is 5.56 Å². The van der Waals surface area contributed by atoms with Crippen LogP contribution < -0.4 is 10.6 Å². The van der Waals surface area contributed by atoms with Crippen molar-refractivity contribution in [2.45, 2.75) is 32.2 Å². The number of benzene rings is 1. The van der Waals surface area contributed by atoms with E-state index < -0.39 is 0 Å². The highest BCUT2D eigenvalue weighted by Gasteiger charge is 2.45. The third kappa shape index (κ3) is 3.39. The van der Waals surface area contributed by atoms with Crippen molar-refractivity contribution in [1.82, 2.24) is 25.5 Å². The molecule has 1 aliphatic rings. The summed E-state index contributed by atoms with van der Waals surface area (Å²) in [5.41, 5.74) is 5.59. The van der Waals surface area contributed by atoms with Crippen molar-refractivity contribution < 1.29 is 4.79 Å². The predicted molar refractivity (Wildman–Crippen MR) is 116 cm³/mol. The Morgan fingerprint density at radius 3 is 2.60 bits per heavy atom. The first-order valence-electron chi connectivity index (χ1n) is 9.96. The Labute approximate surface area is 174 Å². The van der Waals surface area contributed by atoms with Gasteiger partial charge in [-0.3, -0.25) is 15.4 Å². The highest BCUT2D eigenvalue weighted by Crippen LogP contribution is 2.45. The van der Waals surface area contributed by atoms with Crippen molar-refractivity contribution in [2.75, 3.05) is 5.32 Å². The lowest BCUT2D eigenvalue weighted by atomic mass is 10.0. The summed E-state index contributed by atoms with van der Waals surface area (Å²) < 4.78 is 0. The molecule has 1 fully saturated rings. The molecule has 0 atom stereocenters. The fourth-order valence-electron chi connectivity index (χ4n) is 3.74. The number of carbonyl (C=O) groups excluding carboxylic acids is 1. The number of pyridine rings is 2. The summed E-state index contributed by atoms with van der Waals surface area (Å²) in [6.07, 6.45) is 5.36. The van der Waals surface area contributed by atoms with Crippen LogP contribution in [-0.2, 0) is 5.54 Å². The lowest BCUT2D eigenvalue weighted by Crippen LogP contribution is -2.38. The number of aromatic nitrogens is 4. The monoisotopic (exact) mass is 398 g/mol. The summed E-state index contributed by atoms with van der Waals surface area (Å²) in [5.74, 6) is 0.473. The molecule has 0 radical (unpaired) electrons. The Morgan fingerprint density at radius 2 is 1.87 bits per heavy atom. The van der Waals surface area contributed by atoms with E-state index in [9.17, 15) is 4.79 Å². The molecule has 4 aromatic rings. The third-order valence-electron chi connectivity index (χ3n) is 5.57. The number of nitrogens with zero attached hydrogens (tertiary/aromatic N) is 3. The zero-order valence-corrected chi connectivity index (χ0v) is 16.9. The lowest BCUT2D eigenvalue weighted by Gasteiger charge is -2.18. The first-order valence-corrected chi connectivity index (χ1v) is 9.96. The summed E-state index contributed by atoms with van der Waals surface area (Å²) >= 11 is 0. The van der Waals surface area contributed by atoms with Gasteiger partial charge in [-0.1, -0.05) is 29.8 Å². The molecule has 0 saturated heterocycles. The Hall–Kier alpha value is -3.74. The van der Waals surface area contributed by atoms with Gasteiger partial charge in [0.05, 0.1) is 11.1 Å². The van der Waals surface area contributed by atoms with Crippen molar-refractivity contribution in [2.24, 2.45) is 0 Å². The molecule has 7 heteroatoms. The maximum absolute atomic E-state index is 12.6. The van der Waals surface area contributed by atoms with E-state index >= 15 is 0 Å². The van der Waals surface area contributed by atoms with E-state index in [1.807, 2.05) is 19.1 Å². The largest absolute Gasteiger partial charge is 0.328 e. The molecule has 3 N–H and O–H groups in total. The van der Waals surface area contributed by atoms with Gasteiger partial charge in [0.15, 0.2) is 0 Å². The molecule has 1 aromatic carbocycles. The Kier molecular flexibility index (Phi) is 4.24. The fraction of sp³-hybridized carbons (Fsp3) is 0.217. The van der Waals surface area contributed by atoms with Crippen molar-refractivity contribution in [3.8, 4) is 11.3 Å². The summed E-state index contributed by atoms with van der Waals surface area (Å²) in [4.78, 5) is 21.3. The number of hydrogen-bond donors (Lipinski definition) is 3. The van der Waals surface area contributed by atoms with Gasteiger partial charge in [-0.15, -0.1) is 0 Å². The first kappa shape index (κ1) is 18.3. The molecule has 0 spiro atoms. The lowest BCUT2D eigenvalue weighted by molar-refractivity contribution is 0.247. The van der Waals surface area contributed by atoms with Crippen molar-refractivity contribution in [1.29, 1.82) is 0 Å². The van der Waals surface area contributed by atoms with Gasteiger partial charge in [0.1, 0.15) is 11.5 Å². The molecule has 0 bridgehead atoms. The number of rotatable bonds is 4. The minimum Gasteiger partial charge on any atom is -0.328 e. The number of amides is 2. The number of urea groups is 1. The van der Waals surface area contributed by atoms with E-state index in [0.29, 0.717) is 5.82 Å². The van der Waals surface area contributed by atoms with Crippen LogP contribution in [0, 0.1) is 13.8 Å². The van der Waals surface area contributed by atoms with Crippen LogP contribution in [0.5, 0.6) is 0 Å². The average molecular weight is 398 g/mol. The average Bonchev–Trinajstić information content (AvgIpc) is 3.38. The second-order valence-corrected chi connectivity index (χ2v) is 7.90. The molecule has 1 saturated carbocycles. The molecule has 0 unspecified atom stereocenters. The molecule has 3 aromatic heterocycles. The summed E-state index contributed by atoms with van der Waals surface area (Å²) in [5, 5.41) is 14.3. The normalized spacial score (nSPS) is 14.5. The number of carbonyl (C=O) groups is 1. The highest BCUT2D eigenvalue weighted by molar-refractivity contribution is 5.96. The first-order chi connectivity index (χ1) is 14.5. The fourth-order valence-corrected chi connectivity index (χ4v) is 3.74. The van der Waals surface area contributed by atoms with Crippen LogP contribution in [-0.4, -0.2) is 26.2 Å². The smallest absolute Gasteiger partial charge is 0.321 e. The summed E-state index contributed by atoms with van der Waals surface area (Å²) in [6.45, 7) is 4.00. The number of aryl methyl sites for hydroxylation is 2. The SMILES string of the molecule is Cc1ccc(C2(NC(=O)Nc3cc4[nH]nc(-c5ccnc(C)c5)c4cn3)CC2)cc1. The van der Waals surface area contributed by atoms with E-state index in [4.69, 9.17) is 0 Å². The number of H-pyrrole nitrogens is 1. The number of fused-ring (bicyclic) bond motifs is 1. The van der Waals surface area contributed by atoms with Gasteiger partial charge in [0, 0.05) is 35.1 Å². The van der Waals surface area contributed by atoms with Gasteiger partial charge >= 0.3 is 6.03 Å². The van der Waals surface area contributed by atoms with Crippen LogP contribution in [0.1, 0.15) is 29.7 Å².